The summed E-state index contributed by atoms with van der Waals surface area (Å²) < 4.78 is 0. The molecule has 2 aliphatic rings. The van der Waals surface area contributed by atoms with Crippen LogP contribution >= 0.6 is 0 Å². The number of carbonyl (C=O) groups excluding carboxylic acids is 2. The van der Waals surface area contributed by atoms with Gasteiger partial charge < -0.3 is 15.1 Å². The van der Waals surface area contributed by atoms with Crippen molar-refractivity contribution in [1.82, 2.24) is 9.80 Å². The number of hydrogen-bond acceptors (Lipinski definition) is 2. The zero-order valence-corrected chi connectivity index (χ0v) is 17.4. The largest absolute Gasteiger partial charge is 0.335 e. The molecule has 2 fully saturated rings. The molecule has 152 valence electrons. The number of anilines is 1. The fourth-order valence-corrected chi connectivity index (χ4v) is 4.88. The molecule has 2 aliphatic heterocycles. The number of amides is 3. The van der Waals surface area contributed by atoms with Crippen molar-refractivity contribution in [3.05, 3.63) is 65.2 Å². The van der Waals surface area contributed by atoms with E-state index in [-0.39, 0.29) is 23.9 Å². The summed E-state index contributed by atoms with van der Waals surface area (Å²) in [6.07, 6.45) is 0.983. The van der Waals surface area contributed by atoms with E-state index in [1.54, 1.807) is 6.92 Å². The van der Waals surface area contributed by atoms with E-state index in [0.717, 1.165) is 12.1 Å². The lowest BCUT2D eigenvalue weighted by Gasteiger charge is -2.30. The van der Waals surface area contributed by atoms with Crippen molar-refractivity contribution >= 4 is 17.6 Å². The van der Waals surface area contributed by atoms with Crippen molar-refractivity contribution in [2.75, 3.05) is 25.0 Å². The molecule has 1 N–H and O–H groups in total. The molecule has 2 aromatic rings. The van der Waals surface area contributed by atoms with Gasteiger partial charge in [-0.05, 0) is 42.2 Å². The minimum absolute atomic E-state index is 0.0420. The van der Waals surface area contributed by atoms with Crippen molar-refractivity contribution < 1.29 is 9.59 Å². The molecule has 3 amide bonds. The number of aryl methyl sites for hydroxylation is 2. The number of hydrogen-bond donors (Lipinski definition) is 1. The van der Waals surface area contributed by atoms with Crippen LogP contribution in [-0.2, 0) is 11.2 Å². The smallest absolute Gasteiger partial charge is 0.321 e. The van der Waals surface area contributed by atoms with Gasteiger partial charge in [0.1, 0.15) is 0 Å². The van der Waals surface area contributed by atoms with Gasteiger partial charge in [-0.25, -0.2) is 4.79 Å². The maximum absolute atomic E-state index is 12.9. The number of rotatable bonds is 3. The number of urea groups is 1. The lowest BCUT2D eigenvalue weighted by Crippen LogP contribution is -2.38. The first kappa shape index (κ1) is 19.5. The van der Waals surface area contributed by atoms with E-state index in [4.69, 9.17) is 0 Å². The predicted octanol–water partition coefficient (Wildman–Crippen LogP) is 4.24. The summed E-state index contributed by atoms with van der Waals surface area (Å²) in [6, 6.07) is 16.3. The highest BCUT2D eigenvalue weighted by Gasteiger charge is 2.49. The molecule has 29 heavy (non-hydrogen) atoms. The average Bonchev–Trinajstić information content (AvgIpc) is 3.27. The zero-order valence-electron chi connectivity index (χ0n) is 17.4. The summed E-state index contributed by atoms with van der Waals surface area (Å²) in [7, 11) is 0. The van der Waals surface area contributed by atoms with Crippen molar-refractivity contribution in [2.24, 2.45) is 11.8 Å². The second-order valence-corrected chi connectivity index (χ2v) is 8.28. The van der Waals surface area contributed by atoms with E-state index in [1.807, 2.05) is 46.2 Å². The molecular weight excluding hydrogens is 362 g/mol. The van der Waals surface area contributed by atoms with Gasteiger partial charge in [-0.15, -0.1) is 0 Å². The van der Waals surface area contributed by atoms with Crippen molar-refractivity contribution in [3.63, 3.8) is 0 Å². The Morgan fingerprint density at radius 2 is 1.76 bits per heavy atom. The van der Waals surface area contributed by atoms with Crippen LogP contribution in [-0.4, -0.2) is 41.4 Å². The second-order valence-electron chi connectivity index (χ2n) is 8.28. The highest BCUT2D eigenvalue weighted by Crippen LogP contribution is 2.45. The van der Waals surface area contributed by atoms with Gasteiger partial charge >= 0.3 is 6.03 Å². The Kier molecular flexibility index (Phi) is 5.31. The summed E-state index contributed by atoms with van der Waals surface area (Å²) in [4.78, 5) is 29.1. The molecule has 4 rings (SSSR count). The molecule has 3 atom stereocenters. The van der Waals surface area contributed by atoms with Gasteiger partial charge in [-0.1, -0.05) is 43.3 Å². The van der Waals surface area contributed by atoms with Crippen LogP contribution in [0.25, 0.3) is 0 Å². The van der Waals surface area contributed by atoms with Crippen molar-refractivity contribution in [2.45, 2.75) is 33.2 Å². The normalized spacial score (nSPS) is 23.2. The van der Waals surface area contributed by atoms with Crippen LogP contribution in [0.1, 0.15) is 36.6 Å². The molecule has 0 unspecified atom stereocenters. The van der Waals surface area contributed by atoms with Crippen LogP contribution in [0.2, 0.25) is 0 Å². The minimum atomic E-state index is -0.0541. The van der Waals surface area contributed by atoms with Crippen LogP contribution in [0, 0.1) is 18.8 Å². The van der Waals surface area contributed by atoms with E-state index in [2.05, 4.69) is 31.3 Å². The van der Waals surface area contributed by atoms with Crippen LogP contribution in [0.5, 0.6) is 0 Å². The molecular formula is C24H29N3O2. The SMILES string of the molecule is CCc1ccc(NC(=O)N2C[C@@H]3CN(C(C)=O)[C@H](c4ccccc4C)[C@@H]3C2)cc1. The topological polar surface area (TPSA) is 52.7 Å². The molecule has 0 aliphatic carbocycles. The number of likely N-dealkylation sites (tertiary alicyclic amines) is 2. The Morgan fingerprint density at radius 3 is 2.41 bits per heavy atom. The summed E-state index contributed by atoms with van der Waals surface area (Å²) in [5.41, 5.74) is 4.48. The predicted molar refractivity (Wildman–Crippen MR) is 115 cm³/mol. The summed E-state index contributed by atoms with van der Waals surface area (Å²) in [5.74, 6) is 0.699. The molecule has 2 saturated heterocycles. The van der Waals surface area contributed by atoms with Gasteiger partial charge in [0, 0.05) is 44.1 Å². The quantitative estimate of drug-likeness (QED) is 0.851. The lowest BCUT2D eigenvalue weighted by atomic mass is 9.87. The third-order valence-electron chi connectivity index (χ3n) is 6.48. The zero-order chi connectivity index (χ0) is 20.5. The van der Waals surface area contributed by atoms with Gasteiger partial charge in [-0.2, -0.15) is 0 Å². The van der Waals surface area contributed by atoms with E-state index in [0.29, 0.717) is 25.6 Å². The molecule has 5 nitrogen and oxygen atoms in total. The molecule has 2 aromatic carbocycles. The fourth-order valence-electron chi connectivity index (χ4n) is 4.88. The monoisotopic (exact) mass is 391 g/mol. The highest BCUT2D eigenvalue weighted by molar-refractivity contribution is 5.89. The van der Waals surface area contributed by atoms with Crippen LogP contribution in [0.15, 0.2) is 48.5 Å². The van der Waals surface area contributed by atoms with Crippen LogP contribution in [0.3, 0.4) is 0 Å². The highest BCUT2D eigenvalue weighted by atomic mass is 16.2. The first-order valence-electron chi connectivity index (χ1n) is 10.5. The maximum Gasteiger partial charge on any atom is 0.321 e. The third-order valence-corrected chi connectivity index (χ3v) is 6.48. The Bertz CT molecular complexity index is 909. The number of nitrogens with one attached hydrogen (secondary N) is 1. The number of carbonyl (C=O) groups is 2. The van der Waals surface area contributed by atoms with E-state index >= 15 is 0 Å². The molecule has 0 bridgehead atoms. The number of nitrogens with zero attached hydrogens (tertiary/aromatic N) is 2. The van der Waals surface area contributed by atoms with E-state index in [1.165, 1.54) is 16.7 Å². The minimum Gasteiger partial charge on any atom is -0.335 e. The van der Waals surface area contributed by atoms with Gasteiger partial charge in [0.25, 0.3) is 0 Å². The van der Waals surface area contributed by atoms with Gasteiger partial charge in [0.05, 0.1) is 6.04 Å². The molecule has 2 heterocycles. The van der Waals surface area contributed by atoms with Gasteiger partial charge in [0.2, 0.25) is 5.91 Å². The molecule has 0 aromatic heterocycles. The van der Waals surface area contributed by atoms with Crippen molar-refractivity contribution in [3.8, 4) is 0 Å². The molecule has 0 saturated carbocycles. The Morgan fingerprint density at radius 1 is 1.03 bits per heavy atom. The fraction of sp³-hybridized carbons (Fsp3) is 0.417. The Hall–Kier alpha value is -2.82. The van der Waals surface area contributed by atoms with Gasteiger partial charge in [-0.3, -0.25) is 4.79 Å². The first-order valence-corrected chi connectivity index (χ1v) is 10.5. The van der Waals surface area contributed by atoms with Crippen LogP contribution in [0.4, 0.5) is 10.5 Å². The number of benzene rings is 2. The van der Waals surface area contributed by atoms with Crippen LogP contribution < -0.4 is 5.32 Å². The lowest BCUT2D eigenvalue weighted by molar-refractivity contribution is -0.130. The average molecular weight is 392 g/mol. The Balaban J connectivity index is 1.50. The van der Waals surface area contributed by atoms with E-state index < -0.39 is 0 Å². The van der Waals surface area contributed by atoms with Crippen molar-refractivity contribution in [1.29, 1.82) is 0 Å². The van der Waals surface area contributed by atoms with E-state index in [9.17, 15) is 9.59 Å². The molecule has 0 spiro atoms. The summed E-state index contributed by atoms with van der Waals surface area (Å²) in [6.45, 7) is 7.94. The second kappa shape index (κ2) is 7.90. The Labute approximate surface area is 172 Å². The standard InChI is InChI=1S/C24H29N3O2/c1-4-18-9-11-20(12-10-18)25-24(29)26-13-19-14-27(17(3)28)23(22(19)15-26)21-8-6-5-7-16(21)2/h5-12,19,22-23H,4,13-15H2,1-3H3,(H,25,29)/t19-,22-,23-/m1/s1. The summed E-state index contributed by atoms with van der Waals surface area (Å²) >= 11 is 0. The third kappa shape index (κ3) is 3.74. The van der Waals surface area contributed by atoms with Gasteiger partial charge in [0.15, 0.2) is 0 Å². The molecule has 0 radical (unpaired) electrons. The number of fused-ring (bicyclic) bond motifs is 1. The maximum atomic E-state index is 12.9. The first-order chi connectivity index (χ1) is 14.0. The molecule has 5 heteroatoms. The summed E-state index contributed by atoms with van der Waals surface area (Å²) in [5, 5.41) is 3.03.